The van der Waals surface area contributed by atoms with Gasteiger partial charge in [0.1, 0.15) is 31.1 Å². The molecule has 304 valence electrons. The molecule has 0 saturated heterocycles. The summed E-state index contributed by atoms with van der Waals surface area (Å²) in [6, 6.07) is 16.9. The van der Waals surface area contributed by atoms with Gasteiger partial charge in [-0.05, 0) is 44.9 Å². The van der Waals surface area contributed by atoms with Gasteiger partial charge in [-0.15, -0.1) is 4.13 Å². The molecule has 3 aromatic rings. The van der Waals surface area contributed by atoms with Crippen molar-refractivity contribution in [1.82, 2.24) is 4.13 Å². The number of nitrogens with one attached hydrogen (secondary N) is 1. The molecule has 1 aromatic heterocycles. The molecule has 1 aliphatic heterocycles. The van der Waals surface area contributed by atoms with Gasteiger partial charge in [-0.1, -0.05) is 94.7 Å². The molecule has 0 saturated carbocycles. The molecule has 0 radical (unpaired) electrons. The summed E-state index contributed by atoms with van der Waals surface area (Å²) in [4.78, 5) is 3.56. The third kappa shape index (κ3) is 12.7. The molecule has 54 heavy (non-hydrogen) atoms. The molecular weight excluding hydrogens is 845 g/mol. The molecule has 2 atom stereocenters. The zero-order valence-electron chi connectivity index (χ0n) is 29.7. The molecule has 1 aliphatic rings. The van der Waals surface area contributed by atoms with E-state index in [1.165, 1.54) is 43.8 Å². The van der Waals surface area contributed by atoms with Crippen LogP contribution in [0.2, 0.25) is 0 Å². The van der Waals surface area contributed by atoms with E-state index in [-0.39, 0.29) is 25.7 Å². The Morgan fingerprint density at radius 1 is 0.796 bits per heavy atom. The first kappa shape index (κ1) is 47.5. The first-order chi connectivity index (χ1) is 24.9. The number of hydrogen-bond acceptors (Lipinski definition) is 9. The summed E-state index contributed by atoms with van der Waals surface area (Å²) in [7, 11) is -22.5. The predicted octanol–water partition coefficient (Wildman–Crippen LogP) is 8.58. The van der Waals surface area contributed by atoms with E-state index in [4.69, 9.17) is 0 Å². The number of fused-ring (bicyclic) bond motifs is 2. The first-order valence-electron chi connectivity index (χ1n) is 16.1. The molecular formula is C31H42F6N5O6S6+. The number of thioether (sulfide) groups is 1. The number of rotatable bonds is 13. The molecule has 4 rings (SSSR count). The monoisotopic (exact) mass is 886 g/mol. The quantitative estimate of drug-likeness (QED) is 0.133. The van der Waals surface area contributed by atoms with Crippen LogP contribution in [0.5, 0.6) is 0 Å². The Kier molecular flexibility index (Phi) is 17.1. The average Bonchev–Trinajstić information content (AvgIpc) is 3.61. The van der Waals surface area contributed by atoms with E-state index in [2.05, 4.69) is 92.5 Å². The fourth-order valence-corrected chi connectivity index (χ4v) is 14.8. The lowest BCUT2D eigenvalue weighted by Gasteiger charge is -2.16. The number of aryl methyl sites for hydroxylation is 1. The van der Waals surface area contributed by atoms with Gasteiger partial charge in [-0.3, -0.25) is 0 Å². The van der Waals surface area contributed by atoms with E-state index in [9.17, 15) is 51.6 Å². The summed E-state index contributed by atoms with van der Waals surface area (Å²) < 4.78 is 155. The number of sulfonamides is 2. The van der Waals surface area contributed by atoms with Gasteiger partial charge in [0.25, 0.3) is 5.01 Å². The van der Waals surface area contributed by atoms with Gasteiger partial charge in [0.15, 0.2) is 0 Å². The smallest absolute Gasteiger partial charge is 0.336 e. The van der Waals surface area contributed by atoms with Crippen molar-refractivity contribution in [3.8, 4) is 0 Å². The van der Waals surface area contributed by atoms with Gasteiger partial charge >= 0.3 is 31.1 Å². The van der Waals surface area contributed by atoms with Crippen molar-refractivity contribution >= 4 is 85.0 Å². The van der Waals surface area contributed by atoms with Gasteiger partial charge in [-0.2, -0.15) is 47.7 Å². The van der Waals surface area contributed by atoms with Crippen LogP contribution in [-0.2, 0) is 46.4 Å². The molecule has 0 spiro atoms. The number of thiazole rings is 1. The lowest BCUT2D eigenvalue weighted by atomic mass is 10.3. The Labute approximate surface area is 321 Å². The summed E-state index contributed by atoms with van der Waals surface area (Å²) in [6.07, 6.45) is 1.72. The molecule has 2 aromatic carbocycles. The van der Waals surface area contributed by atoms with E-state index >= 15 is 0 Å². The van der Waals surface area contributed by atoms with Crippen LogP contribution in [-0.4, -0.2) is 54.3 Å². The van der Waals surface area contributed by atoms with Gasteiger partial charge < -0.3 is 4.90 Å². The Balaban J connectivity index is 0.000000325. The number of para-hydroxylation sites is 2. The standard InChI is InChI=1S/C11H12NS.C10H19F6N3O6S4.C10H11NS/c1-3-11-12(4-2)9-7-5-6-8-10(9)13-11;1-3-5-7-26(20,18-28(22,23)9(11,12)13)17-27(21,8-6-4-2)19-29(24,25)10(14,15)16;1-3-11-8(2)12-10-7-5-4-6-9(10)11/h3,5-8H,1,4H2,2H3;3-8H2,1-2H3,(H,17,18,19,20,21);4-7H,2-3H2,1H3/q+1;;. The van der Waals surface area contributed by atoms with Gasteiger partial charge in [-0.25, -0.2) is 8.42 Å². The third-order valence-electron chi connectivity index (χ3n) is 6.96. The molecule has 2 heterocycles. The maximum atomic E-state index is 12.6. The van der Waals surface area contributed by atoms with Gasteiger partial charge in [0, 0.05) is 35.1 Å². The maximum absolute atomic E-state index is 12.6. The van der Waals surface area contributed by atoms with Crippen LogP contribution in [0.15, 0.2) is 79.1 Å². The summed E-state index contributed by atoms with van der Waals surface area (Å²) in [5.41, 5.74) is -9.38. The normalized spacial score (nSPS) is 15.5. The van der Waals surface area contributed by atoms with E-state index in [0.29, 0.717) is 0 Å². The Bertz CT molecular complexity index is 2180. The highest BCUT2D eigenvalue weighted by Crippen LogP contribution is 2.44. The van der Waals surface area contributed by atoms with Crippen LogP contribution < -0.4 is 13.6 Å². The minimum atomic E-state index is -6.40. The maximum Gasteiger partial charge on any atom is 0.519 e. The van der Waals surface area contributed by atoms with Crippen LogP contribution >= 0.6 is 23.1 Å². The van der Waals surface area contributed by atoms with Crippen LogP contribution in [0, 0.1) is 0 Å². The van der Waals surface area contributed by atoms with Crippen molar-refractivity contribution in [1.29, 1.82) is 0 Å². The van der Waals surface area contributed by atoms with Crippen LogP contribution in [0.1, 0.15) is 58.4 Å². The zero-order valence-corrected chi connectivity index (χ0v) is 34.6. The Morgan fingerprint density at radius 3 is 1.72 bits per heavy atom. The number of unbranched alkanes of at least 4 members (excludes halogenated alkanes) is 2. The number of anilines is 1. The van der Waals surface area contributed by atoms with Gasteiger partial charge in [0.2, 0.25) is 5.52 Å². The van der Waals surface area contributed by atoms with Crippen molar-refractivity contribution in [2.75, 3.05) is 23.0 Å². The number of hydrogen-bond donors (Lipinski definition) is 1. The predicted molar refractivity (Wildman–Crippen MR) is 206 cm³/mol. The first-order valence-corrected chi connectivity index (χ1v) is 24.0. The molecule has 0 fully saturated rings. The third-order valence-corrected chi connectivity index (χ3v) is 17.6. The largest absolute Gasteiger partial charge is 0.519 e. The molecule has 11 nitrogen and oxygen atoms in total. The SMILES string of the molecule is C=C1Sc2ccccc2N1CC.C=Cc1sc2ccccc2[n+]1CC.CCCCS(=O)(=NS(=O)(=O)C(F)(F)F)NS(=O)(CCCC)=NS(=O)(=O)C(F)(F)F. The van der Waals surface area contributed by atoms with Crippen molar-refractivity contribution in [3.63, 3.8) is 0 Å². The fourth-order valence-electron chi connectivity index (χ4n) is 4.43. The summed E-state index contributed by atoms with van der Waals surface area (Å²) in [6.45, 7) is 17.0. The number of aromatic nitrogens is 1. The highest BCUT2D eigenvalue weighted by molar-refractivity contribution is 8.12. The average molecular weight is 887 g/mol. The Hall–Kier alpha value is -2.70. The van der Waals surface area contributed by atoms with Crippen LogP contribution in [0.4, 0.5) is 32.0 Å². The molecule has 1 N–H and O–H groups in total. The molecule has 23 heteroatoms. The highest BCUT2D eigenvalue weighted by atomic mass is 32.3. The minimum absolute atomic E-state index is 0.133. The topological polar surface area (TPSA) is 146 Å². The minimum Gasteiger partial charge on any atom is -0.336 e. The van der Waals surface area contributed by atoms with Crippen molar-refractivity contribution in [2.24, 2.45) is 7.54 Å². The van der Waals surface area contributed by atoms with Crippen molar-refractivity contribution in [3.05, 3.63) is 71.7 Å². The van der Waals surface area contributed by atoms with Crippen LogP contribution in [0.25, 0.3) is 16.3 Å². The lowest BCUT2D eigenvalue weighted by molar-refractivity contribution is -0.665. The lowest BCUT2D eigenvalue weighted by Crippen LogP contribution is -2.37. The second-order valence-electron chi connectivity index (χ2n) is 11.0. The van der Waals surface area contributed by atoms with Crippen molar-refractivity contribution < 1.29 is 56.2 Å². The second kappa shape index (κ2) is 19.4. The molecule has 0 amide bonds. The Morgan fingerprint density at radius 2 is 1.28 bits per heavy atom. The molecule has 2 unspecified atom stereocenters. The molecule has 0 aliphatic carbocycles. The number of halogens is 6. The summed E-state index contributed by atoms with van der Waals surface area (Å²) >= 11 is 3.55. The summed E-state index contributed by atoms with van der Waals surface area (Å²) in [5.74, 6) is -1.94. The van der Waals surface area contributed by atoms with Crippen molar-refractivity contribution in [2.45, 2.75) is 75.8 Å². The zero-order chi connectivity index (χ0) is 41.2. The van der Waals surface area contributed by atoms with Crippen LogP contribution in [0.3, 0.4) is 0 Å². The van der Waals surface area contributed by atoms with E-state index < -0.39 is 62.4 Å². The van der Waals surface area contributed by atoms with E-state index in [0.717, 1.165) is 18.1 Å². The highest BCUT2D eigenvalue weighted by Gasteiger charge is 2.49. The number of benzene rings is 2. The fraction of sp³-hybridized carbons (Fsp3) is 0.452. The van der Waals surface area contributed by atoms with Gasteiger partial charge in [0.05, 0.1) is 10.7 Å². The molecule has 0 bridgehead atoms. The summed E-state index contributed by atoms with van der Waals surface area (Å²) in [5, 5.41) is 2.38. The number of alkyl halides is 6. The second-order valence-corrected chi connectivity index (χ2v) is 21.3. The van der Waals surface area contributed by atoms with E-state index in [1.807, 2.05) is 6.08 Å². The number of nitrogens with zero attached hydrogens (tertiary/aromatic N) is 4. The van der Waals surface area contributed by atoms with E-state index in [1.54, 1.807) is 23.1 Å².